The summed E-state index contributed by atoms with van der Waals surface area (Å²) in [6, 6.07) is 1.38. The third-order valence-electron chi connectivity index (χ3n) is 2.65. The summed E-state index contributed by atoms with van der Waals surface area (Å²) in [6.07, 6.45) is 5.95. The van der Waals surface area contributed by atoms with Gasteiger partial charge in [-0.25, -0.2) is 4.98 Å². The van der Waals surface area contributed by atoms with Crippen molar-refractivity contribution in [2.75, 3.05) is 0 Å². The van der Waals surface area contributed by atoms with Gasteiger partial charge in [-0.05, 0) is 13.3 Å². The van der Waals surface area contributed by atoms with E-state index in [2.05, 4.69) is 11.9 Å². The van der Waals surface area contributed by atoms with E-state index in [-0.39, 0.29) is 10.7 Å². The first kappa shape index (κ1) is 13.2. The fraction of sp³-hybridized carbons (Fsp3) is 0.667. The maximum Gasteiger partial charge on any atom is 0.254 e. The quantitative estimate of drug-likeness (QED) is 0.567. The zero-order valence-electron chi connectivity index (χ0n) is 10.0. The van der Waals surface area contributed by atoms with E-state index in [1.165, 1.54) is 31.7 Å². The molecule has 1 rings (SSSR count). The fourth-order valence-electron chi connectivity index (χ4n) is 1.73. The number of hydrogen-bond donors (Lipinski definition) is 0. The van der Waals surface area contributed by atoms with E-state index >= 15 is 0 Å². The lowest BCUT2D eigenvalue weighted by atomic mass is 10.1. The predicted molar refractivity (Wildman–Crippen MR) is 67.0 cm³/mol. The Hall–Kier alpha value is -0.830. The minimum atomic E-state index is -0.0482. The molecular formula is C12H19ClN2O. The van der Waals surface area contributed by atoms with E-state index in [1.807, 2.05) is 6.92 Å². The highest BCUT2D eigenvalue weighted by Crippen LogP contribution is 2.06. The summed E-state index contributed by atoms with van der Waals surface area (Å²) < 4.78 is 1.69. The molecule has 0 saturated carbocycles. The molecule has 0 aliphatic rings. The van der Waals surface area contributed by atoms with Crippen molar-refractivity contribution in [2.24, 2.45) is 0 Å². The lowest BCUT2D eigenvalue weighted by molar-refractivity contribution is 0.543. The number of hydrogen-bond acceptors (Lipinski definition) is 2. The highest BCUT2D eigenvalue weighted by Gasteiger charge is 2.02. The van der Waals surface area contributed by atoms with Gasteiger partial charge in [0.1, 0.15) is 11.0 Å². The highest BCUT2D eigenvalue weighted by atomic mass is 35.5. The maximum absolute atomic E-state index is 11.6. The first-order valence-electron chi connectivity index (χ1n) is 5.89. The van der Waals surface area contributed by atoms with Crippen LogP contribution in [0.4, 0.5) is 0 Å². The lowest BCUT2D eigenvalue weighted by Crippen LogP contribution is -2.22. The van der Waals surface area contributed by atoms with E-state index in [4.69, 9.17) is 11.6 Å². The molecule has 0 N–H and O–H groups in total. The van der Waals surface area contributed by atoms with Crippen molar-refractivity contribution >= 4 is 11.6 Å². The van der Waals surface area contributed by atoms with Gasteiger partial charge >= 0.3 is 0 Å². The number of aromatic nitrogens is 2. The van der Waals surface area contributed by atoms with Crippen LogP contribution in [0, 0.1) is 6.92 Å². The zero-order chi connectivity index (χ0) is 12.0. The van der Waals surface area contributed by atoms with E-state index in [9.17, 15) is 4.79 Å². The molecule has 0 spiro atoms. The monoisotopic (exact) mass is 242 g/mol. The molecule has 0 saturated heterocycles. The molecule has 0 amide bonds. The van der Waals surface area contributed by atoms with Crippen molar-refractivity contribution in [3.63, 3.8) is 0 Å². The van der Waals surface area contributed by atoms with Gasteiger partial charge in [0.25, 0.3) is 5.56 Å². The maximum atomic E-state index is 11.6. The Bertz CT molecular complexity index is 387. The van der Waals surface area contributed by atoms with Crippen LogP contribution < -0.4 is 5.56 Å². The van der Waals surface area contributed by atoms with Gasteiger partial charge in [0.05, 0.1) is 0 Å². The summed E-state index contributed by atoms with van der Waals surface area (Å²) in [4.78, 5) is 15.7. The molecule has 0 aliphatic carbocycles. The molecule has 16 heavy (non-hydrogen) atoms. The summed E-state index contributed by atoms with van der Waals surface area (Å²) in [7, 11) is 0. The second-order valence-electron chi connectivity index (χ2n) is 4.03. The standard InChI is InChI=1S/C12H19ClN2O/c1-3-4-5-6-7-8-15-10(2)14-11(13)9-12(15)16/h9H,3-8H2,1-2H3. The summed E-state index contributed by atoms with van der Waals surface area (Å²) in [5, 5.41) is 0.282. The van der Waals surface area contributed by atoms with E-state index < -0.39 is 0 Å². The highest BCUT2D eigenvalue weighted by molar-refractivity contribution is 6.29. The van der Waals surface area contributed by atoms with Crippen LogP contribution in [0.2, 0.25) is 5.15 Å². The molecule has 0 aromatic carbocycles. The van der Waals surface area contributed by atoms with Crippen molar-refractivity contribution in [1.29, 1.82) is 0 Å². The molecule has 4 heteroatoms. The Morgan fingerprint density at radius 1 is 1.31 bits per heavy atom. The number of unbranched alkanes of at least 4 members (excludes halogenated alkanes) is 4. The van der Waals surface area contributed by atoms with Gasteiger partial charge in [-0.15, -0.1) is 0 Å². The van der Waals surface area contributed by atoms with E-state index in [0.717, 1.165) is 13.0 Å². The smallest absolute Gasteiger partial charge is 0.254 e. The largest absolute Gasteiger partial charge is 0.297 e. The molecule has 90 valence electrons. The molecule has 0 atom stereocenters. The average molecular weight is 243 g/mol. The van der Waals surface area contributed by atoms with Crippen LogP contribution in [0.5, 0.6) is 0 Å². The predicted octanol–water partition coefficient (Wildman–Crippen LogP) is 3.18. The Morgan fingerprint density at radius 2 is 2.00 bits per heavy atom. The van der Waals surface area contributed by atoms with Crippen molar-refractivity contribution in [3.05, 3.63) is 27.4 Å². The van der Waals surface area contributed by atoms with Gasteiger partial charge in [0, 0.05) is 12.6 Å². The van der Waals surface area contributed by atoms with Crippen LogP contribution in [-0.2, 0) is 6.54 Å². The minimum absolute atomic E-state index is 0.0482. The topological polar surface area (TPSA) is 34.9 Å². The summed E-state index contributed by atoms with van der Waals surface area (Å²) in [5.74, 6) is 0.702. The molecule has 1 aromatic rings. The second kappa shape index (κ2) is 6.69. The Balaban J connectivity index is 2.51. The van der Waals surface area contributed by atoms with Gasteiger partial charge in [-0.2, -0.15) is 0 Å². The lowest BCUT2D eigenvalue weighted by Gasteiger charge is -2.08. The third kappa shape index (κ3) is 3.97. The SMILES string of the molecule is CCCCCCCn1c(C)nc(Cl)cc1=O. The second-order valence-corrected chi connectivity index (χ2v) is 4.42. The van der Waals surface area contributed by atoms with Crippen molar-refractivity contribution in [3.8, 4) is 0 Å². The van der Waals surface area contributed by atoms with Crippen LogP contribution in [0.25, 0.3) is 0 Å². The number of rotatable bonds is 6. The summed E-state index contributed by atoms with van der Waals surface area (Å²) >= 11 is 5.70. The normalized spacial score (nSPS) is 10.7. The number of halogens is 1. The molecule has 1 heterocycles. The van der Waals surface area contributed by atoms with Crippen molar-refractivity contribution < 1.29 is 0 Å². The van der Waals surface area contributed by atoms with E-state index in [1.54, 1.807) is 4.57 Å². The molecule has 0 radical (unpaired) electrons. The molecule has 0 aliphatic heterocycles. The Labute approximate surface area is 101 Å². The van der Waals surface area contributed by atoms with Gasteiger partial charge in [-0.3, -0.25) is 9.36 Å². The van der Waals surface area contributed by atoms with Crippen molar-refractivity contribution in [1.82, 2.24) is 9.55 Å². The average Bonchev–Trinajstić information content (AvgIpc) is 2.20. The van der Waals surface area contributed by atoms with Gasteiger partial charge in [0.2, 0.25) is 0 Å². The minimum Gasteiger partial charge on any atom is -0.297 e. The molecule has 0 fully saturated rings. The molecule has 0 unspecified atom stereocenters. The number of aryl methyl sites for hydroxylation is 1. The zero-order valence-corrected chi connectivity index (χ0v) is 10.8. The van der Waals surface area contributed by atoms with Crippen LogP contribution >= 0.6 is 11.6 Å². The third-order valence-corrected chi connectivity index (χ3v) is 2.85. The van der Waals surface area contributed by atoms with E-state index in [0.29, 0.717) is 5.82 Å². The van der Waals surface area contributed by atoms with Crippen molar-refractivity contribution in [2.45, 2.75) is 52.5 Å². The van der Waals surface area contributed by atoms with Gasteiger partial charge < -0.3 is 0 Å². The first-order valence-corrected chi connectivity index (χ1v) is 6.27. The van der Waals surface area contributed by atoms with Crippen LogP contribution in [-0.4, -0.2) is 9.55 Å². The molecular weight excluding hydrogens is 224 g/mol. The molecule has 0 bridgehead atoms. The molecule has 1 aromatic heterocycles. The summed E-state index contributed by atoms with van der Waals surface area (Å²) in [5.41, 5.74) is -0.0482. The molecule has 3 nitrogen and oxygen atoms in total. The van der Waals surface area contributed by atoms with Gasteiger partial charge in [0.15, 0.2) is 0 Å². The fourth-order valence-corrected chi connectivity index (χ4v) is 1.95. The Kier molecular flexibility index (Phi) is 5.53. The van der Waals surface area contributed by atoms with Gasteiger partial charge in [-0.1, -0.05) is 44.2 Å². The first-order chi connectivity index (χ1) is 7.65. The summed E-state index contributed by atoms with van der Waals surface area (Å²) in [6.45, 7) is 4.76. The van der Waals surface area contributed by atoms with Crippen LogP contribution in [0.15, 0.2) is 10.9 Å². The number of nitrogens with zero attached hydrogens (tertiary/aromatic N) is 2. The van der Waals surface area contributed by atoms with Crippen LogP contribution in [0.3, 0.4) is 0 Å². The Morgan fingerprint density at radius 3 is 2.62 bits per heavy atom. The van der Waals surface area contributed by atoms with Crippen LogP contribution in [0.1, 0.15) is 44.9 Å².